The predicted molar refractivity (Wildman–Crippen MR) is 57.7 cm³/mol. The number of hydrogen-bond acceptors (Lipinski definition) is 4. The van der Waals surface area contributed by atoms with Gasteiger partial charge in [0.05, 0.1) is 0 Å². The van der Waals surface area contributed by atoms with Gasteiger partial charge in [0.15, 0.2) is 0 Å². The Morgan fingerprint density at radius 3 is 2.59 bits per heavy atom. The molecule has 0 bridgehead atoms. The number of hydrogen-bond donors (Lipinski definition) is 2. The van der Waals surface area contributed by atoms with Gasteiger partial charge in [-0.05, 0) is 6.42 Å². The van der Waals surface area contributed by atoms with Crippen LogP contribution in [-0.2, 0) is 14.4 Å². The first-order valence-corrected chi connectivity index (χ1v) is 5.38. The van der Waals surface area contributed by atoms with Crippen molar-refractivity contribution < 1.29 is 19.2 Å². The maximum Gasteiger partial charge on any atom is 0.331 e. The normalized spacial score (nSPS) is 20.2. The Bertz CT molecular complexity index is 367. The summed E-state index contributed by atoms with van der Waals surface area (Å²) >= 11 is 0. The number of nitrogens with one attached hydrogen (secondary N) is 2. The van der Waals surface area contributed by atoms with Crippen LogP contribution in [0.3, 0.4) is 0 Å². The van der Waals surface area contributed by atoms with Crippen molar-refractivity contribution in [2.45, 2.75) is 19.8 Å². The standard InChI is InChI=1S/C10H15N3O4/c1-3-4-6-8(15)12-10(17)13(9(6)16)5-7(14)11-2/h6H,3-5H2,1-2H3,(H,11,14)(H,12,15,17). The number of nitrogens with zero attached hydrogens (tertiary/aromatic N) is 1. The molecule has 0 aromatic heterocycles. The molecule has 94 valence electrons. The first-order valence-electron chi connectivity index (χ1n) is 5.38. The van der Waals surface area contributed by atoms with Gasteiger partial charge in [0.1, 0.15) is 12.5 Å². The summed E-state index contributed by atoms with van der Waals surface area (Å²) < 4.78 is 0. The van der Waals surface area contributed by atoms with E-state index in [4.69, 9.17) is 0 Å². The summed E-state index contributed by atoms with van der Waals surface area (Å²) in [6.07, 6.45) is 1.01. The summed E-state index contributed by atoms with van der Waals surface area (Å²) in [7, 11) is 1.41. The van der Waals surface area contributed by atoms with Crippen molar-refractivity contribution in [3.8, 4) is 0 Å². The fourth-order valence-corrected chi connectivity index (χ4v) is 1.58. The quantitative estimate of drug-likeness (QED) is 0.631. The largest absolute Gasteiger partial charge is 0.358 e. The lowest BCUT2D eigenvalue weighted by Crippen LogP contribution is -2.59. The smallest absolute Gasteiger partial charge is 0.331 e. The number of amides is 5. The van der Waals surface area contributed by atoms with Crippen LogP contribution in [0.4, 0.5) is 4.79 Å². The fourth-order valence-electron chi connectivity index (χ4n) is 1.58. The van der Waals surface area contributed by atoms with Crippen LogP contribution >= 0.6 is 0 Å². The molecule has 1 fully saturated rings. The van der Waals surface area contributed by atoms with E-state index in [1.807, 2.05) is 6.92 Å². The third-order valence-electron chi connectivity index (χ3n) is 2.51. The van der Waals surface area contributed by atoms with Crippen LogP contribution in [-0.4, -0.2) is 42.2 Å². The van der Waals surface area contributed by atoms with E-state index in [-0.39, 0.29) is 6.54 Å². The van der Waals surface area contributed by atoms with Gasteiger partial charge in [-0.25, -0.2) is 4.79 Å². The van der Waals surface area contributed by atoms with E-state index in [1.54, 1.807) is 0 Å². The molecular formula is C10H15N3O4. The molecule has 0 saturated carbocycles. The summed E-state index contributed by atoms with van der Waals surface area (Å²) in [5, 5.41) is 4.39. The number of rotatable bonds is 4. The number of barbiturate groups is 1. The highest BCUT2D eigenvalue weighted by Crippen LogP contribution is 2.15. The molecular weight excluding hydrogens is 226 g/mol. The van der Waals surface area contributed by atoms with Crippen molar-refractivity contribution in [1.82, 2.24) is 15.5 Å². The molecule has 1 atom stereocenters. The van der Waals surface area contributed by atoms with E-state index in [0.29, 0.717) is 12.8 Å². The summed E-state index contributed by atoms with van der Waals surface area (Å²) in [4.78, 5) is 46.6. The molecule has 17 heavy (non-hydrogen) atoms. The molecule has 0 radical (unpaired) electrons. The molecule has 1 heterocycles. The highest BCUT2D eigenvalue weighted by molar-refractivity contribution is 6.17. The lowest BCUT2D eigenvalue weighted by molar-refractivity contribution is -0.145. The topological polar surface area (TPSA) is 95.6 Å². The SMILES string of the molecule is CCCC1C(=O)NC(=O)N(CC(=O)NC)C1=O. The van der Waals surface area contributed by atoms with E-state index in [1.165, 1.54) is 7.05 Å². The minimum Gasteiger partial charge on any atom is -0.358 e. The van der Waals surface area contributed by atoms with Gasteiger partial charge in [0.25, 0.3) is 0 Å². The average Bonchev–Trinajstić information content (AvgIpc) is 2.29. The molecule has 7 nitrogen and oxygen atoms in total. The third-order valence-corrected chi connectivity index (χ3v) is 2.51. The molecule has 1 saturated heterocycles. The van der Waals surface area contributed by atoms with E-state index < -0.39 is 29.7 Å². The molecule has 1 aliphatic heterocycles. The van der Waals surface area contributed by atoms with Gasteiger partial charge >= 0.3 is 6.03 Å². The number of likely N-dealkylation sites (N-methyl/N-ethyl adjacent to an activating group) is 1. The molecule has 0 aromatic carbocycles. The van der Waals surface area contributed by atoms with Crippen LogP contribution in [0.2, 0.25) is 0 Å². The molecule has 1 rings (SSSR count). The van der Waals surface area contributed by atoms with Crippen LogP contribution in [0.25, 0.3) is 0 Å². The average molecular weight is 241 g/mol. The Labute approximate surface area is 98.5 Å². The Hall–Kier alpha value is -1.92. The minimum absolute atomic E-state index is 0.363. The molecule has 0 aromatic rings. The highest BCUT2D eigenvalue weighted by atomic mass is 16.2. The first kappa shape index (κ1) is 13.1. The number of imide groups is 2. The van der Waals surface area contributed by atoms with Crippen molar-refractivity contribution in [1.29, 1.82) is 0 Å². The predicted octanol–water partition coefficient (Wildman–Crippen LogP) is -0.773. The lowest BCUT2D eigenvalue weighted by atomic mass is 9.99. The van der Waals surface area contributed by atoms with Gasteiger partial charge in [0.2, 0.25) is 17.7 Å². The van der Waals surface area contributed by atoms with Crippen LogP contribution in [0.1, 0.15) is 19.8 Å². The van der Waals surface area contributed by atoms with Crippen molar-refractivity contribution >= 4 is 23.8 Å². The van der Waals surface area contributed by atoms with E-state index >= 15 is 0 Å². The number of carbonyl (C=O) groups excluding carboxylic acids is 4. The Kier molecular flexibility index (Phi) is 4.19. The second-order valence-corrected chi connectivity index (χ2v) is 3.73. The number of carbonyl (C=O) groups is 4. The summed E-state index contributed by atoms with van der Waals surface area (Å²) in [6.45, 7) is 1.47. The zero-order chi connectivity index (χ0) is 13.0. The van der Waals surface area contributed by atoms with Gasteiger partial charge in [-0.3, -0.25) is 24.6 Å². The second-order valence-electron chi connectivity index (χ2n) is 3.73. The van der Waals surface area contributed by atoms with Gasteiger partial charge in [0, 0.05) is 7.05 Å². The molecule has 5 amide bonds. The minimum atomic E-state index is -0.873. The van der Waals surface area contributed by atoms with Gasteiger partial charge in [-0.15, -0.1) is 0 Å². The fraction of sp³-hybridized carbons (Fsp3) is 0.600. The Morgan fingerprint density at radius 2 is 2.06 bits per heavy atom. The third kappa shape index (κ3) is 2.80. The van der Waals surface area contributed by atoms with E-state index in [2.05, 4.69) is 10.6 Å². The summed E-state index contributed by atoms with van der Waals surface area (Å²) in [6, 6.07) is -0.837. The van der Waals surface area contributed by atoms with Crippen molar-refractivity contribution in [2.75, 3.05) is 13.6 Å². The van der Waals surface area contributed by atoms with E-state index in [0.717, 1.165) is 4.90 Å². The maximum absolute atomic E-state index is 11.9. The zero-order valence-corrected chi connectivity index (χ0v) is 9.78. The molecule has 7 heteroatoms. The van der Waals surface area contributed by atoms with Gasteiger partial charge < -0.3 is 5.32 Å². The van der Waals surface area contributed by atoms with Crippen molar-refractivity contribution in [2.24, 2.45) is 5.92 Å². The van der Waals surface area contributed by atoms with Crippen LogP contribution in [0.5, 0.6) is 0 Å². The van der Waals surface area contributed by atoms with Crippen molar-refractivity contribution in [3.63, 3.8) is 0 Å². The van der Waals surface area contributed by atoms with Gasteiger partial charge in [-0.1, -0.05) is 13.3 Å². The first-order chi connectivity index (χ1) is 8.01. The zero-order valence-electron chi connectivity index (χ0n) is 9.78. The molecule has 1 aliphatic rings. The van der Waals surface area contributed by atoms with Crippen LogP contribution in [0.15, 0.2) is 0 Å². The molecule has 2 N–H and O–H groups in total. The molecule has 0 spiro atoms. The molecule has 1 unspecified atom stereocenters. The Morgan fingerprint density at radius 1 is 1.41 bits per heavy atom. The maximum atomic E-state index is 11.9. The number of urea groups is 1. The van der Waals surface area contributed by atoms with Gasteiger partial charge in [-0.2, -0.15) is 0 Å². The van der Waals surface area contributed by atoms with Crippen LogP contribution in [0, 0.1) is 5.92 Å². The monoisotopic (exact) mass is 241 g/mol. The van der Waals surface area contributed by atoms with Crippen LogP contribution < -0.4 is 10.6 Å². The molecule has 0 aliphatic carbocycles. The summed E-state index contributed by atoms with van der Waals surface area (Å²) in [5.41, 5.74) is 0. The summed E-state index contributed by atoms with van der Waals surface area (Å²) in [5.74, 6) is -2.53. The second kappa shape index (κ2) is 5.42. The lowest BCUT2D eigenvalue weighted by Gasteiger charge is -2.29. The van der Waals surface area contributed by atoms with Crippen molar-refractivity contribution in [3.05, 3.63) is 0 Å². The highest BCUT2D eigenvalue weighted by Gasteiger charge is 2.40. The Balaban J connectivity index is 2.82. The van der Waals surface area contributed by atoms with E-state index in [9.17, 15) is 19.2 Å².